The maximum absolute atomic E-state index is 10.5. The smallest absolute Gasteiger partial charge is 0.209 e. The van der Waals surface area contributed by atoms with E-state index in [-0.39, 0.29) is 0 Å². The third-order valence-electron chi connectivity index (χ3n) is 3.03. The van der Waals surface area contributed by atoms with Gasteiger partial charge in [0.2, 0.25) is 6.41 Å². The van der Waals surface area contributed by atoms with E-state index in [0.717, 1.165) is 39.1 Å². The highest BCUT2D eigenvalue weighted by Crippen LogP contribution is 2.09. The molecule has 0 bridgehead atoms. The number of hydrogen-bond donors (Lipinski definition) is 0. The zero-order valence-corrected chi connectivity index (χ0v) is 10.5. The largest absolute Gasteiger partial charge is 0.375 e. The number of unbranched alkanes of at least 4 members (excludes halogenated alkanes) is 1. The van der Waals surface area contributed by atoms with Gasteiger partial charge in [-0.1, -0.05) is 13.3 Å². The summed E-state index contributed by atoms with van der Waals surface area (Å²) in [6, 6.07) is 0. The molecule has 1 atom stereocenters. The maximum Gasteiger partial charge on any atom is 0.209 e. The second kappa shape index (κ2) is 7.63. The van der Waals surface area contributed by atoms with Crippen molar-refractivity contribution in [2.75, 3.05) is 39.8 Å². The molecule has 1 heterocycles. The Hall–Kier alpha value is -0.610. The van der Waals surface area contributed by atoms with Gasteiger partial charge in [-0.15, -0.1) is 0 Å². The molecule has 0 spiro atoms. The van der Waals surface area contributed by atoms with Gasteiger partial charge < -0.3 is 9.64 Å². The van der Waals surface area contributed by atoms with Crippen molar-refractivity contribution in [1.29, 1.82) is 0 Å². The summed E-state index contributed by atoms with van der Waals surface area (Å²) in [5.74, 6) is 0. The predicted octanol–water partition coefficient (Wildman–Crippen LogP) is 0.966. The normalized spacial score (nSPS) is 22.0. The Balaban J connectivity index is 2.19. The maximum atomic E-state index is 10.5. The number of amides is 1. The van der Waals surface area contributed by atoms with Gasteiger partial charge in [-0.3, -0.25) is 9.69 Å². The SMILES string of the molecule is CCCCN1CCOC(CCN(C)C=O)C1. The molecule has 0 aliphatic carbocycles. The Kier molecular flexibility index (Phi) is 6.42. The van der Waals surface area contributed by atoms with Crippen LogP contribution in [-0.4, -0.2) is 62.1 Å². The van der Waals surface area contributed by atoms with Gasteiger partial charge in [-0.2, -0.15) is 0 Å². The third kappa shape index (κ3) is 4.94. The van der Waals surface area contributed by atoms with E-state index in [1.165, 1.54) is 19.4 Å². The van der Waals surface area contributed by atoms with E-state index in [9.17, 15) is 4.79 Å². The van der Waals surface area contributed by atoms with E-state index >= 15 is 0 Å². The summed E-state index contributed by atoms with van der Waals surface area (Å²) in [6.07, 6.45) is 4.62. The molecule has 0 aromatic carbocycles. The molecule has 94 valence electrons. The molecule has 4 heteroatoms. The Morgan fingerprint density at radius 1 is 1.56 bits per heavy atom. The molecule has 1 rings (SSSR count). The van der Waals surface area contributed by atoms with Crippen LogP contribution < -0.4 is 0 Å². The predicted molar refractivity (Wildman–Crippen MR) is 64.4 cm³/mol. The van der Waals surface area contributed by atoms with Crippen molar-refractivity contribution in [2.45, 2.75) is 32.3 Å². The first-order valence-corrected chi connectivity index (χ1v) is 6.25. The van der Waals surface area contributed by atoms with Crippen LogP contribution >= 0.6 is 0 Å². The van der Waals surface area contributed by atoms with Crippen molar-refractivity contribution >= 4 is 6.41 Å². The lowest BCUT2D eigenvalue weighted by atomic mass is 10.2. The number of carbonyl (C=O) groups is 1. The Morgan fingerprint density at radius 2 is 2.38 bits per heavy atom. The molecule has 4 nitrogen and oxygen atoms in total. The highest BCUT2D eigenvalue weighted by molar-refractivity contribution is 5.46. The van der Waals surface area contributed by atoms with E-state index < -0.39 is 0 Å². The van der Waals surface area contributed by atoms with Gasteiger partial charge in [-0.25, -0.2) is 0 Å². The minimum Gasteiger partial charge on any atom is -0.375 e. The molecule has 16 heavy (non-hydrogen) atoms. The fourth-order valence-electron chi connectivity index (χ4n) is 1.94. The Labute approximate surface area is 98.5 Å². The van der Waals surface area contributed by atoms with E-state index in [1.807, 2.05) is 7.05 Å². The van der Waals surface area contributed by atoms with Crippen molar-refractivity contribution < 1.29 is 9.53 Å². The average Bonchev–Trinajstić information content (AvgIpc) is 2.34. The number of ether oxygens (including phenoxy) is 1. The number of hydrogen-bond acceptors (Lipinski definition) is 3. The van der Waals surface area contributed by atoms with Crippen molar-refractivity contribution in [3.05, 3.63) is 0 Å². The van der Waals surface area contributed by atoms with E-state index in [0.29, 0.717) is 6.10 Å². The monoisotopic (exact) mass is 228 g/mol. The van der Waals surface area contributed by atoms with E-state index in [1.54, 1.807) is 4.90 Å². The van der Waals surface area contributed by atoms with E-state index in [4.69, 9.17) is 4.74 Å². The summed E-state index contributed by atoms with van der Waals surface area (Å²) in [4.78, 5) is 14.6. The zero-order chi connectivity index (χ0) is 11.8. The lowest BCUT2D eigenvalue weighted by Crippen LogP contribution is -2.43. The molecule has 0 radical (unpaired) electrons. The number of morpholine rings is 1. The molecule has 0 saturated carbocycles. The van der Waals surface area contributed by atoms with Crippen LogP contribution in [0.2, 0.25) is 0 Å². The lowest BCUT2D eigenvalue weighted by Gasteiger charge is -2.33. The first-order chi connectivity index (χ1) is 7.76. The second-order valence-corrected chi connectivity index (χ2v) is 4.52. The molecule has 1 aliphatic rings. The molecule has 0 aromatic heterocycles. The van der Waals surface area contributed by atoms with E-state index in [2.05, 4.69) is 11.8 Å². The number of rotatable bonds is 7. The molecule has 0 aromatic rings. The summed E-state index contributed by atoms with van der Waals surface area (Å²) in [5, 5.41) is 0. The summed E-state index contributed by atoms with van der Waals surface area (Å²) >= 11 is 0. The Bertz CT molecular complexity index is 199. The lowest BCUT2D eigenvalue weighted by molar-refractivity contribution is -0.117. The van der Waals surface area contributed by atoms with Crippen LogP contribution in [0.4, 0.5) is 0 Å². The highest BCUT2D eigenvalue weighted by atomic mass is 16.5. The van der Waals surface area contributed by atoms with Gasteiger partial charge in [-0.05, 0) is 19.4 Å². The molecule has 1 amide bonds. The van der Waals surface area contributed by atoms with Crippen molar-refractivity contribution in [3.8, 4) is 0 Å². The third-order valence-corrected chi connectivity index (χ3v) is 3.03. The topological polar surface area (TPSA) is 32.8 Å². The van der Waals surface area contributed by atoms with Gasteiger partial charge in [0.15, 0.2) is 0 Å². The number of nitrogens with zero attached hydrogens (tertiary/aromatic N) is 2. The molecule has 1 fully saturated rings. The van der Waals surface area contributed by atoms with Crippen molar-refractivity contribution in [3.63, 3.8) is 0 Å². The minimum absolute atomic E-state index is 0.299. The fraction of sp³-hybridized carbons (Fsp3) is 0.917. The second-order valence-electron chi connectivity index (χ2n) is 4.52. The van der Waals surface area contributed by atoms with Crippen molar-refractivity contribution in [2.24, 2.45) is 0 Å². The highest BCUT2D eigenvalue weighted by Gasteiger charge is 2.19. The fourth-order valence-corrected chi connectivity index (χ4v) is 1.94. The number of carbonyl (C=O) groups excluding carboxylic acids is 1. The molecule has 0 N–H and O–H groups in total. The van der Waals surface area contributed by atoms with Crippen LogP contribution in [0.25, 0.3) is 0 Å². The zero-order valence-electron chi connectivity index (χ0n) is 10.5. The summed E-state index contributed by atoms with van der Waals surface area (Å²) in [5.41, 5.74) is 0. The first-order valence-electron chi connectivity index (χ1n) is 6.25. The van der Waals surface area contributed by atoms with Crippen LogP contribution in [0.15, 0.2) is 0 Å². The van der Waals surface area contributed by atoms with Crippen LogP contribution in [0.5, 0.6) is 0 Å². The molecular formula is C12H24N2O2. The Morgan fingerprint density at radius 3 is 3.06 bits per heavy atom. The van der Waals surface area contributed by atoms with Crippen LogP contribution in [0.3, 0.4) is 0 Å². The van der Waals surface area contributed by atoms with Crippen LogP contribution in [-0.2, 0) is 9.53 Å². The van der Waals surface area contributed by atoms with Crippen LogP contribution in [0, 0.1) is 0 Å². The van der Waals surface area contributed by atoms with Gasteiger partial charge >= 0.3 is 0 Å². The standard InChI is InChI=1S/C12H24N2O2/c1-3-4-6-14-8-9-16-12(10-14)5-7-13(2)11-15/h11-12H,3-10H2,1-2H3. The van der Waals surface area contributed by atoms with Crippen molar-refractivity contribution in [1.82, 2.24) is 9.80 Å². The summed E-state index contributed by atoms with van der Waals surface area (Å²) in [6.45, 7) is 7.10. The molecule has 1 saturated heterocycles. The van der Waals surface area contributed by atoms with Gasteiger partial charge in [0.25, 0.3) is 0 Å². The average molecular weight is 228 g/mol. The summed E-state index contributed by atoms with van der Waals surface area (Å²) in [7, 11) is 1.81. The molecular weight excluding hydrogens is 204 g/mol. The minimum atomic E-state index is 0.299. The molecule has 1 aliphatic heterocycles. The molecule has 1 unspecified atom stereocenters. The van der Waals surface area contributed by atoms with Crippen LogP contribution in [0.1, 0.15) is 26.2 Å². The van der Waals surface area contributed by atoms with Gasteiger partial charge in [0.1, 0.15) is 0 Å². The van der Waals surface area contributed by atoms with Gasteiger partial charge in [0.05, 0.1) is 12.7 Å². The quantitative estimate of drug-likeness (QED) is 0.609. The summed E-state index contributed by atoms with van der Waals surface area (Å²) < 4.78 is 5.70. The first kappa shape index (κ1) is 13.5. The van der Waals surface area contributed by atoms with Gasteiger partial charge in [0, 0.05) is 26.7 Å².